The molecule has 1 fully saturated rings. The van der Waals surface area contributed by atoms with E-state index in [1.165, 1.54) is 0 Å². The van der Waals surface area contributed by atoms with E-state index in [1.54, 1.807) is 13.2 Å². The molecule has 12 heavy (non-hydrogen) atoms. The van der Waals surface area contributed by atoms with Gasteiger partial charge in [0.15, 0.2) is 0 Å². The van der Waals surface area contributed by atoms with E-state index in [4.69, 9.17) is 10.00 Å². The van der Waals surface area contributed by atoms with Gasteiger partial charge in [-0.1, -0.05) is 0 Å². The predicted molar refractivity (Wildman–Crippen MR) is 41.1 cm³/mol. The molecule has 0 spiro atoms. The highest BCUT2D eigenvalue weighted by Crippen LogP contribution is 2.26. The van der Waals surface area contributed by atoms with Crippen LogP contribution in [0.2, 0.25) is 0 Å². The zero-order valence-corrected chi connectivity index (χ0v) is 7.23. The highest BCUT2D eigenvalue weighted by atomic mass is 16.6. The summed E-state index contributed by atoms with van der Waals surface area (Å²) in [6.45, 7) is 3.62. The highest BCUT2D eigenvalue weighted by Gasteiger charge is 2.37. The van der Waals surface area contributed by atoms with Crippen LogP contribution in [0.3, 0.4) is 0 Å². The molecule has 0 aromatic heterocycles. The molecule has 1 heterocycles. The van der Waals surface area contributed by atoms with Crippen LogP contribution >= 0.6 is 0 Å². The largest absolute Gasteiger partial charge is 0.422 e. The highest BCUT2D eigenvalue weighted by molar-refractivity contribution is 4.84. The van der Waals surface area contributed by atoms with Gasteiger partial charge in [-0.25, -0.2) is 0 Å². The molecule has 0 radical (unpaired) electrons. The normalized spacial score (nSPS) is 31.8. The van der Waals surface area contributed by atoms with Crippen molar-refractivity contribution < 1.29 is 14.6 Å². The molecule has 1 saturated heterocycles. The molecule has 1 aliphatic heterocycles. The molecular weight excluding hydrogens is 158 g/mol. The molecule has 1 N–H and O–H groups in total. The molecule has 1 aliphatic rings. The van der Waals surface area contributed by atoms with Gasteiger partial charge in [0.2, 0.25) is 0 Å². The van der Waals surface area contributed by atoms with Crippen LogP contribution in [0.25, 0.3) is 0 Å². The molecule has 1 rings (SSSR count). The van der Waals surface area contributed by atoms with Crippen LogP contribution in [-0.4, -0.2) is 29.5 Å². The molecule has 0 saturated carbocycles. The number of hydrogen-bond acceptors (Lipinski definition) is 4. The molecular formula is C8H13NO3. The third-order valence-electron chi connectivity index (χ3n) is 2.09. The predicted octanol–water partition coefficient (Wildman–Crippen LogP) is 0.411. The lowest BCUT2D eigenvalue weighted by Gasteiger charge is -2.14. The molecule has 68 valence electrons. The van der Waals surface area contributed by atoms with Crippen molar-refractivity contribution in [2.75, 3.05) is 0 Å². The van der Waals surface area contributed by atoms with E-state index in [2.05, 4.69) is 4.74 Å². The number of aliphatic hydroxyl groups is 1. The fourth-order valence-corrected chi connectivity index (χ4v) is 1.07. The van der Waals surface area contributed by atoms with Gasteiger partial charge < -0.3 is 14.6 Å². The van der Waals surface area contributed by atoms with E-state index in [1.807, 2.05) is 6.92 Å². The number of hydrogen-bond donors (Lipinski definition) is 1. The zero-order valence-electron chi connectivity index (χ0n) is 7.23. The minimum Gasteiger partial charge on any atom is -0.422 e. The van der Waals surface area contributed by atoms with Gasteiger partial charge in [-0.2, -0.15) is 5.26 Å². The lowest BCUT2D eigenvalue weighted by atomic mass is 10.1. The maximum atomic E-state index is 9.42. The first-order valence-electron chi connectivity index (χ1n) is 4.03. The second-order valence-corrected chi connectivity index (χ2v) is 3.10. The Morgan fingerprint density at radius 2 is 2.33 bits per heavy atom. The van der Waals surface area contributed by atoms with Gasteiger partial charge in [-0.05, 0) is 13.8 Å². The summed E-state index contributed by atoms with van der Waals surface area (Å²) in [5.74, 6) is 0. The average molecular weight is 171 g/mol. The Labute approximate surface area is 71.7 Å². The third kappa shape index (κ3) is 2.36. The molecule has 0 bridgehead atoms. The number of nitriles is 1. The smallest absolute Gasteiger partial charge is 0.286 e. The number of epoxide rings is 1. The van der Waals surface area contributed by atoms with Crippen molar-refractivity contribution in [3.8, 4) is 6.26 Å². The van der Waals surface area contributed by atoms with Gasteiger partial charge in [0.1, 0.15) is 6.10 Å². The van der Waals surface area contributed by atoms with Crippen LogP contribution < -0.4 is 0 Å². The van der Waals surface area contributed by atoms with Gasteiger partial charge in [-0.15, -0.1) is 0 Å². The SMILES string of the molecule is CC(OC#N)C(O)CC1OC1C. The van der Waals surface area contributed by atoms with Crippen LogP contribution in [0.5, 0.6) is 0 Å². The summed E-state index contributed by atoms with van der Waals surface area (Å²) in [6.07, 6.45) is 1.44. The monoisotopic (exact) mass is 171 g/mol. The number of nitrogens with zero attached hydrogens (tertiary/aromatic N) is 1. The summed E-state index contributed by atoms with van der Waals surface area (Å²) in [5.41, 5.74) is 0. The summed E-state index contributed by atoms with van der Waals surface area (Å²) in [5, 5.41) is 17.6. The van der Waals surface area contributed by atoms with E-state index in [9.17, 15) is 5.11 Å². The van der Waals surface area contributed by atoms with Crippen molar-refractivity contribution in [2.24, 2.45) is 0 Å². The van der Waals surface area contributed by atoms with Gasteiger partial charge in [0.25, 0.3) is 6.26 Å². The standard InChI is InChI=1S/C8H13NO3/c1-5(11-4-9)7(10)3-8-6(2)12-8/h5-8,10H,3H2,1-2H3. The Kier molecular flexibility index (Phi) is 2.90. The van der Waals surface area contributed by atoms with E-state index >= 15 is 0 Å². The maximum absolute atomic E-state index is 9.42. The molecule has 0 aromatic rings. The van der Waals surface area contributed by atoms with Crippen molar-refractivity contribution >= 4 is 0 Å². The van der Waals surface area contributed by atoms with Crippen molar-refractivity contribution in [3.05, 3.63) is 0 Å². The van der Waals surface area contributed by atoms with Crippen LogP contribution in [0.1, 0.15) is 20.3 Å². The Hall–Kier alpha value is -0.790. The van der Waals surface area contributed by atoms with Gasteiger partial charge in [0, 0.05) is 6.42 Å². The van der Waals surface area contributed by atoms with Crippen molar-refractivity contribution in [2.45, 2.75) is 44.7 Å². The molecule has 0 aromatic carbocycles. The number of ether oxygens (including phenoxy) is 2. The van der Waals surface area contributed by atoms with E-state index < -0.39 is 12.2 Å². The Bertz CT molecular complexity index is 189. The molecule has 4 nitrogen and oxygen atoms in total. The van der Waals surface area contributed by atoms with Crippen molar-refractivity contribution in [1.29, 1.82) is 5.26 Å². The van der Waals surface area contributed by atoms with E-state index in [0.29, 0.717) is 6.42 Å². The zero-order chi connectivity index (χ0) is 9.14. The lowest BCUT2D eigenvalue weighted by Crippen LogP contribution is -2.26. The first-order chi connectivity index (χ1) is 5.65. The van der Waals surface area contributed by atoms with Gasteiger partial charge in [0.05, 0.1) is 18.3 Å². The van der Waals surface area contributed by atoms with Crippen molar-refractivity contribution in [1.82, 2.24) is 0 Å². The van der Waals surface area contributed by atoms with Crippen LogP contribution in [0.15, 0.2) is 0 Å². The first-order valence-corrected chi connectivity index (χ1v) is 4.03. The number of rotatable bonds is 4. The lowest BCUT2D eigenvalue weighted by molar-refractivity contribution is 0.0190. The summed E-state index contributed by atoms with van der Waals surface area (Å²) < 4.78 is 9.68. The Morgan fingerprint density at radius 1 is 1.75 bits per heavy atom. The van der Waals surface area contributed by atoms with Crippen LogP contribution in [0, 0.1) is 11.5 Å². The summed E-state index contributed by atoms with van der Waals surface area (Å²) in [4.78, 5) is 0. The quantitative estimate of drug-likeness (QED) is 0.491. The minimum atomic E-state index is -0.611. The van der Waals surface area contributed by atoms with E-state index in [0.717, 1.165) is 0 Å². The minimum absolute atomic E-state index is 0.143. The van der Waals surface area contributed by atoms with Crippen LogP contribution in [0.4, 0.5) is 0 Å². The molecule has 4 unspecified atom stereocenters. The summed E-state index contributed by atoms with van der Waals surface area (Å²) >= 11 is 0. The molecule has 0 aliphatic carbocycles. The average Bonchev–Trinajstić information content (AvgIpc) is 2.67. The second-order valence-electron chi connectivity index (χ2n) is 3.10. The molecule has 4 heteroatoms. The summed E-state index contributed by atoms with van der Waals surface area (Å²) in [7, 11) is 0. The first kappa shape index (κ1) is 9.30. The summed E-state index contributed by atoms with van der Waals surface area (Å²) in [6, 6.07) is 0. The van der Waals surface area contributed by atoms with Crippen LogP contribution in [-0.2, 0) is 9.47 Å². The van der Waals surface area contributed by atoms with Gasteiger partial charge in [-0.3, -0.25) is 0 Å². The van der Waals surface area contributed by atoms with Gasteiger partial charge >= 0.3 is 0 Å². The maximum Gasteiger partial charge on any atom is 0.286 e. The Balaban J connectivity index is 2.19. The Morgan fingerprint density at radius 3 is 2.75 bits per heavy atom. The molecule has 4 atom stereocenters. The van der Waals surface area contributed by atoms with E-state index in [-0.39, 0.29) is 12.2 Å². The fraction of sp³-hybridized carbons (Fsp3) is 0.875. The second kappa shape index (κ2) is 3.74. The molecule has 0 amide bonds. The third-order valence-corrected chi connectivity index (χ3v) is 2.09. The van der Waals surface area contributed by atoms with Crippen molar-refractivity contribution in [3.63, 3.8) is 0 Å². The fourth-order valence-electron chi connectivity index (χ4n) is 1.07. The number of aliphatic hydroxyl groups excluding tert-OH is 1. The topological polar surface area (TPSA) is 65.8 Å².